The van der Waals surface area contributed by atoms with E-state index in [0.29, 0.717) is 18.8 Å². The van der Waals surface area contributed by atoms with Crippen molar-refractivity contribution in [3.05, 3.63) is 78.6 Å². The van der Waals surface area contributed by atoms with E-state index < -0.39 is 0 Å². The van der Waals surface area contributed by atoms with E-state index in [2.05, 4.69) is 20.2 Å². The Morgan fingerprint density at radius 2 is 1.91 bits per heavy atom. The zero-order valence-corrected chi connectivity index (χ0v) is 20.1. The number of nitrogens with zero attached hydrogens (tertiary/aromatic N) is 3. The standard InChI is InChI=1S/C27H31N5O3/c1-31(2)15-17-35-23-5-3-4-20(18-23)19-32(14-16-33)27(34)30-22-8-6-21(7-9-22)24-10-12-28-26-25(24)11-13-29-26/h3-13,18,33H,14-17,19H2,1-2H3,(H,28,29)(H,30,34). The monoisotopic (exact) mass is 473 g/mol. The molecule has 2 heterocycles. The first-order valence-electron chi connectivity index (χ1n) is 11.6. The smallest absolute Gasteiger partial charge is 0.322 e. The van der Waals surface area contributed by atoms with Gasteiger partial charge >= 0.3 is 6.03 Å². The van der Waals surface area contributed by atoms with Crippen molar-refractivity contribution >= 4 is 22.8 Å². The normalized spacial score (nSPS) is 11.1. The minimum absolute atomic E-state index is 0.125. The lowest BCUT2D eigenvalue weighted by Gasteiger charge is -2.23. The Morgan fingerprint density at radius 3 is 2.69 bits per heavy atom. The van der Waals surface area contributed by atoms with Crippen molar-refractivity contribution in [3.8, 4) is 16.9 Å². The third-order valence-corrected chi connectivity index (χ3v) is 5.64. The van der Waals surface area contributed by atoms with Gasteiger partial charge in [0.25, 0.3) is 0 Å². The summed E-state index contributed by atoms with van der Waals surface area (Å²) in [6.07, 6.45) is 3.65. The topological polar surface area (TPSA) is 93.7 Å². The Bertz CT molecular complexity index is 1250. The van der Waals surface area contributed by atoms with Gasteiger partial charge < -0.3 is 29.9 Å². The summed E-state index contributed by atoms with van der Waals surface area (Å²) in [6.45, 7) is 1.86. The van der Waals surface area contributed by atoms with Crippen LogP contribution >= 0.6 is 0 Å². The highest BCUT2D eigenvalue weighted by Gasteiger charge is 2.15. The van der Waals surface area contributed by atoms with Crippen molar-refractivity contribution < 1.29 is 14.6 Å². The summed E-state index contributed by atoms with van der Waals surface area (Å²) < 4.78 is 5.81. The molecule has 4 aromatic rings. The molecular weight excluding hydrogens is 442 g/mol. The number of fused-ring (bicyclic) bond motifs is 1. The van der Waals surface area contributed by atoms with E-state index in [1.165, 1.54) is 0 Å². The molecule has 8 heteroatoms. The molecule has 0 aliphatic rings. The zero-order valence-electron chi connectivity index (χ0n) is 20.1. The second-order valence-corrected chi connectivity index (χ2v) is 8.55. The van der Waals surface area contributed by atoms with Crippen molar-refractivity contribution in [1.29, 1.82) is 0 Å². The number of pyridine rings is 1. The number of aromatic nitrogens is 2. The Morgan fingerprint density at radius 1 is 1.09 bits per heavy atom. The van der Waals surface area contributed by atoms with Gasteiger partial charge in [-0.05, 0) is 67.2 Å². The largest absolute Gasteiger partial charge is 0.492 e. The summed E-state index contributed by atoms with van der Waals surface area (Å²) in [5.41, 5.74) is 4.56. The number of carbonyl (C=O) groups excluding carboxylic acids is 1. The molecule has 0 saturated carbocycles. The minimum atomic E-state index is -0.275. The highest BCUT2D eigenvalue weighted by molar-refractivity contribution is 5.94. The molecule has 182 valence electrons. The van der Waals surface area contributed by atoms with Crippen LogP contribution in [0.4, 0.5) is 10.5 Å². The second kappa shape index (κ2) is 11.5. The molecule has 2 aromatic carbocycles. The van der Waals surface area contributed by atoms with Crippen LogP contribution in [0, 0.1) is 0 Å². The van der Waals surface area contributed by atoms with Gasteiger partial charge in [0.2, 0.25) is 0 Å². The zero-order chi connectivity index (χ0) is 24.6. The van der Waals surface area contributed by atoms with Gasteiger partial charge in [0.05, 0.1) is 6.61 Å². The first-order valence-corrected chi connectivity index (χ1v) is 11.6. The average Bonchev–Trinajstić information content (AvgIpc) is 3.33. The van der Waals surface area contributed by atoms with E-state index in [-0.39, 0.29) is 19.2 Å². The van der Waals surface area contributed by atoms with Gasteiger partial charge in [-0.15, -0.1) is 0 Å². The molecule has 4 rings (SSSR count). The van der Waals surface area contributed by atoms with Gasteiger partial charge in [0.15, 0.2) is 0 Å². The molecule has 0 fully saturated rings. The lowest BCUT2D eigenvalue weighted by atomic mass is 10.0. The van der Waals surface area contributed by atoms with Crippen LogP contribution in [-0.4, -0.2) is 71.3 Å². The van der Waals surface area contributed by atoms with Crippen LogP contribution in [0.5, 0.6) is 5.75 Å². The molecule has 3 N–H and O–H groups in total. The molecule has 35 heavy (non-hydrogen) atoms. The summed E-state index contributed by atoms with van der Waals surface area (Å²) in [4.78, 5) is 24.1. The maximum Gasteiger partial charge on any atom is 0.322 e. The minimum Gasteiger partial charge on any atom is -0.492 e. The van der Waals surface area contributed by atoms with Crippen molar-refractivity contribution in [1.82, 2.24) is 19.8 Å². The van der Waals surface area contributed by atoms with Crippen LogP contribution in [0.15, 0.2) is 73.1 Å². The molecule has 0 saturated heterocycles. The van der Waals surface area contributed by atoms with Crippen molar-refractivity contribution in [2.75, 3.05) is 45.7 Å². The highest BCUT2D eigenvalue weighted by Crippen LogP contribution is 2.28. The number of aromatic amines is 1. The Labute approximate surface area is 205 Å². The first kappa shape index (κ1) is 24.3. The van der Waals surface area contributed by atoms with Crippen molar-refractivity contribution in [3.63, 3.8) is 0 Å². The number of nitrogens with one attached hydrogen (secondary N) is 2. The summed E-state index contributed by atoms with van der Waals surface area (Å²) >= 11 is 0. The number of rotatable bonds is 10. The lowest BCUT2D eigenvalue weighted by molar-refractivity contribution is 0.185. The van der Waals surface area contributed by atoms with Crippen molar-refractivity contribution in [2.24, 2.45) is 0 Å². The molecule has 0 aliphatic carbocycles. The number of hydrogen-bond donors (Lipinski definition) is 3. The summed E-state index contributed by atoms with van der Waals surface area (Å²) in [5, 5.41) is 13.5. The maximum atomic E-state index is 13.0. The molecule has 0 spiro atoms. The fourth-order valence-electron chi connectivity index (χ4n) is 3.82. The van der Waals surface area contributed by atoms with Crippen LogP contribution in [-0.2, 0) is 6.54 Å². The molecule has 0 radical (unpaired) electrons. The molecular formula is C27H31N5O3. The number of hydrogen-bond acceptors (Lipinski definition) is 5. The number of ether oxygens (including phenoxy) is 1. The lowest BCUT2D eigenvalue weighted by Crippen LogP contribution is -2.36. The number of amides is 2. The van der Waals surface area contributed by atoms with E-state index in [4.69, 9.17) is 4.74 Å². The molecule has 0 unspecified atom stereocenters. The Kier molecular flexibility index (Phi) is 7.97. The Hall–Kier alpha value is -3.88. The van der Waals surface area contributed by atoms with Gasteiger partial charge in [0, 0.05) is 43.1 Å². The van der Waals surface area contributed by atoms with Crippen LogP contribution in [0.2, 0.25) is 0 Å². The van der Waals surface area contributed by atoms with Crippen molar-refractivity contribution in [2.45, 2.75) is 6.54 Å². The third-order valence-electron chi connectivity index (χ3n) is 5.64. The van der Waals surface area contributed by atoms with Gasteiger partial charge in [-0.2, -0.15) is 0 Å². The average molecular weight is 474 g/mol. The number of benzene rings is 2. The molecule has 2 aromatic heterocycles. The van der Waals surface area contributed by atoms with E-state index >= 15 is 0 Å². The van der Waals surface area contributed by atoms with Gasteiger partial charge in [0.1, 0.15) is 18.0 Å². The highest BCUT2D eigenvalue weighted by atomic mass is 16.5. The van der Waals surface area contributed by atoms with Gasteiger partial charge in [-0.1, -0.05) is 24.3 Å². The molecule has 2 amide bonds. The predicted octanol–water partition coefficient (Wildman–Crippen LogP) is 4.20. The molecule has 0 atom stereocenters. The molecule has 0 bridgehead atoms. The predicted molar refractivity (Wildman–Crippen MR) is 139 cm³/mol. The number of H-pyrrole nitrogens is 1. The van der Waals surface area contributed by atoms with E-state index in [0.717, 1.165) is 40.0 Å². The summed E-state index contributed by atoms with van der Waals surface area (Å²) in [5.74, 6) is 0.761. The first-order chi connectivity index (χ1) is 17.0. The van der Waals surface area contributed by atoms with E-state index in [9.17, 15) is 9.90 Å². The third kappa shape index (κ3) is 6.38. The number of urea groups is 1. The maximum absolute atomic E-state index is 13.0. The van der Waals surface area contributed by atoms with E-state index in [1.54, 1.807) is 11.1 Å². The second-order valence-electron chi connectivity index (χ2n) is 8.55. The number of aliphatic hydroxyl groups excluding tert-OH is 1. The fraction of sp³-hybridized carbons (Fsp3) is 0.259. The van der Waals surface area contributed by atoms with Crippen LogP contribution in [0.1, 0.15) is 5.56 Å². The number of anilines is 1. The fourth-order valence-corrected chi connectivity index (χ4v) is 3.82. The SMILES string of the molecule is CN(C)CCOc1cccc(CN(CCO)C(=O)Nc2ccc(-c3ccnc4[nH]ccc34)cc2)c1. The van der Waals surface area contributed by atoms with Crippen LogP contribution in [0.3, 0.4) is 0 Å². The number of likely N-dealkylation sites (N-methyl/N-ethyl adjacent to an activating group) is 1. The quantitative estimate of drug-likeness (QED) is 0.321. The molecule has 8 nitrogen and oxygen atoms in total. The summed E-state index contributed by atoms with van der Waals surface area (Å²) in [7, 11) is 4.00. The number of aliphatic hydroxyl groups is 1. The van der Waals surface area contributed by atoms with Crippen LogP contribution in [0.25, 0.3) is 22.2 Å². The van der Waals surface area contributed by atoms with Gasteiger partial charge in [-0.3, -0.25) is 0 Å². The molecule has 0 aliphatic heterocycles. The van der Waals surface area contributed by atoms with E-state index in [1.807, 2.05) is 81.0 Å². The Balaban J connectivity index is 1.41. The van der Waals surface area contributed by atoms with Crippen LogP contribution < -0.4 is 10.1 Å². The van der Waals surface area contributed by atoms with Gasteiger partial charge in [-0.25, -0.2) is 9.78 Å². The summed E-state index contributed by atoms with van der Waals surface area (Å²) in [6, 6.07) is 19.1. The number of carbonyl (C=O) groups is 1.